The van der Waals surface area contributed by atoms with E-state index in [1.165, 1.54) is 0 Å². The topological polar surface area (TPSA) is 42.2 Å². The first kappa shape index (κ1) is 10.2. The van der Waals surface area contributed by atoms with Crippen molar-refractivity contribution in [2.45, 2.75) is 44.7 Å². The van der Waals surface area contributed by atoms with E-state index >= 15 is 0 Å². The molecule has 3 atom stereocenters. The van der Waals surface area contributed by atoms with Gasteiger partial charge < -0.3 is 9.47 Å². The summed E-state index contributed by atoms with van der Waals surface area (Å²) in [6.07, 6.45) is 3.91. The van der Waals surface area contributed by atoms with Crippen molar-refractivity contribution < 1.29 is 9.47 Å². The maximum atomic E-state index is 8.53. The van der Waals surface area contributed by atoms with Crippen molar-refractivity contribution in [1.29, 1.82) is 5.26 Å². The van der Waals surface area contributed by atoms with E-state index in [2.05, 4.69) is 12.6 Å². The normalized spacial score (nSPS) is 33.7. The minimum absolute atomic E-state index is 0.0266. The Morgan fingerprint density at radius 2 is 2.23 bits per heavy atom. The largest absolute Gasteiger partial charge is 0.349 e. The van der Waals surface area contributed by atoms with Crippen LogP contribution in [-0.4, -0.2) is 18.5 Å². The summed E-state index contributed by atoms with van der Waals surface area (Å²) >= 11 is 0. The second kappa shape index (κ2) is 5.00. The quantitative estimate of drug-likeness (QED) is 0.625. The van der Waals surface area contributed by atoms with Gasteiger partial charge in [-0.3, -0.25) is 0 Å². The van der Waals surface area contributed by atoms with Crippen molar-refractivity contribution in [2.24, 2.45) is 0 Å². The van der Waals surface area contributed by atoms with Crippen LogP contribution in [0.25, 0.3) is 0 Å². The summed E-state index contributed by atoms with van der Waals surface area (Å²) in [7, 11) is 0. The van der Waals surface area contributed by atoms with E-state index in [4.69, 9.17) is 14.7 Å². The predicted molar refractivity (Wildman–Crippen MR) is 48.9 cm³/mol. The summed E-state index contributed by atoms with van der Waals surface area (Å²) < 4.78 is 10.9. The van der Waals surface area contributed by atoms with Gasteiger partial charge in [-0.2, -0.15) is 5.26 Å². The molecule has 0 radical (unpaired) electrons. The van der Waals surface area contributed by atoms with Gasteiger partial charge in [0.25, 0.3) is 0 Å². The van der Waals surface area contributed by atoms with E-state index in [1.807, 2.05) is 13.0 Å². The minimum atomic E-state index is -0.197. The zero-order valence-electron chi connectivity index (χ0n) is 7.90. The average molecular weight is 181 g/mol. The molecule has 72 valence electrons. The molecular formula is C10H15NO2. The third kappa shape index (κ3) is 3.17. The Balaban J connectivity index is 2.43. The lowest BCUT2D eigenvalue weighted by Crippen LogP contribution is -2.36. The van der Waals surface area contributed by atoms with Crippen LogP contribution in [0.2, 0.25) is 0 Å². The first-order valence-electron chi connectivity index (χ1n) is 4.55. The van der Waals surface area contributed by atoms with Gasteiger partial charge >= 0.3 is 0 Å². The zero-order chi connectivity index (χ0) is 9.68. The molecule has 0 aromatic rings. The van der Waals surface area contributed by atoms with Crippen LogP contribution < -0.4 is 0 Å². The van der Waals surface area contributed by atoms with Gasteiger partial charge in [0, 0.05) is 6.42 Å². The Hall–Kier alpha value is -0.850. The van der Waals surface area contributed by atoms with Crippen molar-refractivity contribution in [3.8, 4) is 6.07 Å². The Kier molecular flexibility index (Phi) is 3.94. The molecule has 13 heavy (non-hydrogen) atoms. The van der Waals surface area contributed by atoms with Gasteiger partial charge in [-0.15, -0.1) is 6.58 Å². The smallest absolute Gasteiger partial charge is 0.155 e. The van der Waals surface area contributed by atoms with Crippen LogP contribution in [0.15, 0.2) is 12.7 Å². The fraction of sp³-hybridized carbons (Fsp3) is 0.700. The van der Waals surface area contributed by atoms with Crippen LogP contribution in [0.5, 0.6) is 0 Å². The van der Waals surface area contributed by atoms with Gasteiger partial charge in [0.1, 0.15) is 0 Å². The third-order valence-corrected chi connectivity index (χ3v) is 2.04. The van der Waals surface area contributed by atoms with E-state index in [0.29, 0.717) is 6.42 Å². The molecule has 0 aromatic carbocycles. The summed E-state index contributed by atoms with van der Waals surface area (Å²) in [6, 6.07) is 2.11. The highest BCUT2D eigenvalue weighted by molar-refractivity contribution is 4.84. The van der Waals surface area contributed by atoms with Crippen LogP contribution in [0, 0.1) is 11.3 Å². The molecule has 1 rings (SSSR count). The van der Waals surface area contributed by atoms with Gasteiger partial charge in [0.05, 0.1) is 24.7 Å². The van der Waals surface area contributed by atoms with Crippen molar-refractivity contribution in [2.75, 3.05) is 0 Å². The molecular weight excluding hydrogens is 166 g/mol. The van der Waals surface area contributed by atoms with E-state index < -0.39 is 0 Å². The Labute approximate surface area is 78.9 Å². The molecule has 0 aliphatic carbocycles. The van der Waals surface area contributed by atoms with Gasteiger partial charge in [-0.1, -0.05) is 6.08 Å². The van der Waals surface area contributed by atoms with Crippen LogP contribution in [0.4, 0.5) is 0 Å². The average Bonchev–Trinajstić information content (AvgIpc) is 2.04. The van der Waals surface area contributed by atoms with Gasteiger partial charge in [-0.25, -0.2) is 0 Å². The van der Waals surface area contributed by atoms with Crippen LogP contribution in [-0.2, 0) is 9.47 Å². The first-order chi connectivity index (χ1) is 6.26. The van der Waals surface area contributed by atoms with Gasteiger partial charge in [0.2, 0.25) is 0 Å². The molecule has 0 unspecified atom stereocenters. The third-order valence-electron chi connectivity index (χ3n) is 2.04. The molecule has 0 aromatic heterocycles. The highest BCUT2D eigenvalue weighted by Gasteiger charge is 2.26. The Morgan fingerprint density at radius 3 is 2.85 bits per heavy atom. The summed E-state index contributed by atoms with van der Waals surface area (Å²) in [4.78, 5) is 0. The van der Waals surface area contributed by atoms with Crippen molar-refractivity contribution in [3.05, 3.63) is 12.7 Å². The number of hydrogen-bond donors (Lipinski definition) is 0. The summed E-state index contributed by atoms with van der Waals surface area (Å²) in [6.45, 7) is 5.53. The first-order valence-corrected chi connectivity index (χ1v) is 4.55. The maximum absolute atomic E-state index is 8.53. The number of rotatable bonds is 3. The molecule has 1 fully saturated rings. The molecule has 0 saturated carbocycles. The second-order valence-corrected chi connectivity index (χ2v) is 3.21. The van der Waals surface area contributed by atoms with E-state index in [0.717, 1.165) is 12.8 Å². The Bertz CT molecular complexity index is 209. The fourth-order valence-corrected chi connectivity index (χ4v) is 1.55. The molecule has 0 N–H and O–H groups in total. The Morgan fingerprint density at radius 1 is 1.54 bits per heavy atom. The van der Waals surface area contributed by atoms with Crippen molar-refractivity contribution in [1.82, 2.24) is 0 Å². The number of ether oxygens (including phenoxy) is 2. The highest BCUT2D eigenvalue weighted by atomic mass is 16.7. The molecule has 0 amide bonds. The van der Waals surface area contributed by atoms with E-state index in [9.17, 15) is 0 Å². The fourth-order valence-electron chi connectivity index (χ4n) is 1.55. The lowest BCUT2D eigenvalue weighted by Gasteiger charge is -2.32. The number of nitrogens with zero attached hydrogens (tertiary/aromatic N) is 1. The van der Waals surface area contributed by atoms with E-state index in [-0.39, 0.29) is 18.5 Å². The van der Waals surface area contributed by atoms with Crippen LogP contribution in [0.3, 0.4) is 0 Å². The number of nitriles is 1. The SMILES string of the molecule is C=CC[C@@H]1C[C@H](CC#N)O[C@H](C)O1. The van der Waals surface area contributed by atoms with Crippen LogP contribution >= 0.6 is 0 Å². The monoisotopic (exact) mass is 181 g/mol. The molecule has 1 heterocycles. The zero-order valence-corrected chi connectivity index (χ0v) is 7.90. The molecule has 0 spiro atoms. The second-order valence-electron chi connectivity index (χ2n) is 3.21. The lowest BCUT2D eigenvalue weighted by atomic mass is 10.1. The molecule has 3 nitrogen and oxygen atoms in total. The van der Waals surface area contributed by atoms with Gasteiger partial charge in [-0.05, 0) is 13.3 Å². The summed E-state index contributed by atoms with van der Waals surface area (Å²) in [5.41, 5.74) is 0. The van der Waals surface area contributed by atoms with Crippen LogP contribution in [0.1, 0.15) is 26.2 Å². The van der Waals surface area contributed by atoms with Crippen molar-refractivity contribution >= 4 is 0 Å². The standard InChI is InChI=1S/C10H15NO2/c1-3-4-9-7-10(5-6-11)13-8(2)12-9/h3,8-10H,1,4-5,7H2,2H3/t8-,9-,10+/m1/s1. The molecule has 1 aliphatic rings. The maximum Gasteiger partial charge on any atom is 0.155 e. The minimum Gasteiger partial charge on any atom is -0.349 e. The van der Waals surface area contributed by atoms with Gasteiger partial charge in [0.15, 0.2) is 6.29 Å². The highest BCUT2D eigenvalue weighted by Crippen LogP contribution is 2.22. The van der Waals surface area contributed by atoms with Crippen molar-refractivity contribution in [3.63, 3.8) is 0 Å². The lowest BCUT2D eigenvalue weighted by molar-refractivity contribution is -0.231. The summed E-state index contributed by atoms with van der Waals surface area (Å²) in [5.74, 6) is 0. The number of hydrogen-bond acceptors (Lipinski definition) is 3. The summed E-state index contributed by atoms with van der Waals surface area (Å²) in [5, 5.41) is 8.53. The molecule has 1 saturated heterocycles. The molecule has 3 heteroatoms. The molecule has 1 aliphatic heterocycles. The predicted octanol–water partition coefficient (Wildman–Crippen LogP) is 2.00. The van der Waals surface area contributed by atoms with E-state index in [1.54, 1.807) is 0 Å². The molecule has 0 bridgehead atoms.